The SMILES string of the molecule is COc1ccc(S(=O)(=O)N2CCC[C@@H](C(=O)NCCCOC(C)C)C2)cc1C. The van der Waals surface area contributed by atoms with E-state index in [4.69, 9.17) is 9.47 Å². The number of benzene rings is 1. The summed E-state index contributed by atoms with van der Waals surface area (Å²) in [5, 5.41) is 2.91. The van der Waals surface area contributed by atoms with Crippen LogP contribution in [0, 0.1) is 12.8 Å². The molecule has 0 unspecified atom stereocenters. The average Bonchev–Trinajstić information content (AvgIpc) is 2.67. The number of sulfonamides is 1. The molecular weight excluding hydrogens is 380 g/mol. The Morgan fingerprint density at radius 2 is 2.11 bits per heavy atom. The molecule has 28 heavy (non-hydrogen) atoms. The fraction of sp³-hybridized carbons (Fsp3) is 0.650. The van der Waals surface area contributed by atoms with Gasteiger partial charge in [0.1, 0.15) is 5.75 Å². The normalized spacial score (nSPS) is 18.2. The van der Waals surface area contributed by atoms with Crippen molar-refractivity contribution >= 4 is 15.9 Å². The molecule has 158 valence electrons. The van der Waals surface area contributed by atoms with Gasteiger partial charge in [-0.2, -0.15) is 4.31 Å². The second-order valence-electron chi connectivity index (χ2n) is 7.40. The van der Waals surface area contributed by atoms with Crippen LogP contribution in [0.5, 0.6) is 5.75 Å². The lowest BCUT2D eigenvalue weighted by Crippen LogP contribution is -2.45. The molecule has 0 bridgehead atoms. The molecule has 1 N–H and O–H groups in total. The summed E-state index contributed by atoms with van der Waals surface area (Å²) in [7, 11) is -2.08. The van der Waals surface area contributed by atoms with E-state index in [-0.39, 0.29) is 29.4 Å². The van der Waals surface area contributed by atoms with E-state index in [1.54, 1.807) is 25.3 Å². The molecule has 0 radical (unpaired) electrons. The minimum Gasteiger partial charge on any atom is -0.496 e. The van der Waals surface area contributed by atoms with Crippen molar-refractivity contribution in [1.29, 1.82) is 0 Å². The third kappa shape index (κ3) is 5.93. The first-order valence-electron chi connectivity index (χ1n) is 9.79. The minimum atomic E-state index is -3.64. The van der Waals surface area contributed by atoms with Gasteiger partial charge in [0.15, 0.2) is 0 Å². The van der Waals surface area contributed by atoms with Gasteiger partial charge in [-0.25, -0.2) is 8.42 Å². The highest BCUT2D eigenvalue weighted by Gasteiger charge is 2.33. The van der Waals surface area contributed by atoms with Crippen LogP contribution in [0.4, 0.5) is 0 Å². The van der Waals surface area contributed by atoms with Crippen molar-refractivity contribution in [2.45, 2.75) is 51.0 Å². The molecule has 1 fully saturated rings. The molecule has 1 aliphatic heterocycles. The molecule has 1 atom stereocenters. The van der Waals surface area contributed by atoms with E-state index < -0.39 is 10.0 Å². The highest BCUT2D eigenvalue weighted by atomic mass is 32.2. The maximum atomic E-state index is 13.0. The van der Waals surface area contributed by atoms with Crippen LogP contribution in [-0.2, 0) is 19.6 Å². The van der Waals surface area contributed by atoms with Gasteiger partial charge in [-0.1, -0.05) is 0 Å². The van der Waals surface area contributed by atoms with E-state index in [2.05, 4.69) is 5.32 Å². The minimum absolute atomic E-state index is 0.0876. The van der Waals surface area contributed by atoms with Gasteiger partial charge in [0.05, 0.1) is 24.0 Å². The lowest BCUT2D eigenvalue weighted by atomic mass is 9.99. The fourth-order valence-electron chi connectivity index (χ4n) is 3.28. The zero-order chi connectivity index (χ0) is 20.7. The van der Waals surface area contributed by atoms with Crippen molar-refractivity contribution in [3.8, 4) is 5.75 Å². The number of methoxy groups -OCH3 is 1. The largest absolute Gasteiger partial charge is 0.496 e. The number of rotatable bonds is 9. The summed E-state index contributed by atoms with van der Waals surface area (Å²) in [6.07, 6.45) is 2.28. The van der Waals surface area contributed by atoms with E-state index in [0.29, 0.717) is 38.3 Å². The van der Waals surface area contributed by atoms with Crippen molar-refractivity contribution in [1.82, 2.24) is 9.62 Å². The average molecular weight is 413 g/mol. The van der Waals surface area contributed by atoms with Crippen LogP contribution >= 0.6 is 0 Å². The molecule has 0 aliphatic carbocycles. The Hall–Kier alpha value is -1.64. The molecule has 1 aromatic rings. The lowest BCUT2D eigenvalue weighted by Gasteiger charge is -2.31. The molecule has 1 amide bonds. The number of nitrogens with one attached hydrogen (secondary N) is 1. The number of amides is 1. The Morgan fingerprint density at radius 3 is 2.75 bits per heavy atom. The first-order chi connectivity index (χ1) is 13.3. The van der Waals surface area contributed by atoms with Gasteiger partial charge in [0.2, 0.25) is 15.9 Å². The van der Waals surface area contributed by atoms with E-state index in [0.717, 1.165) is 12.0 Å². The van der Waals surface area contributed by atoms with Crippen LogP contribution < -0.4 is 10.1 Å². The van der Waals surface area contributed by atoms with Gasteiger partial charge in [-0.05, 0) is 63.8 Å². The Morgan fingerprint density at radius 1 is 1.36 bits per heavy atom. The summed E-state index contributed by atoms with van der Waals surface area (Å²) in [5.74, 6) is 0.237. The summed E-state index contributed by atoms with van der Waals surface area (Å²) in [4.78, 5) is 12.7. The van der Waals surface area contributed by atoms with Crippen LogP contribution in [0.15, 0.2) is 23.1 Å². The molecule has 2 rings (SSSR count). The van der Waals surface area contributed by atoms with Crippen molar-refractivity contribution in [2.24, 2.45) is 5.92 Å². The third-order valence-electron chi connectivity index (χ3n) is 4.83. The topological polar surface area (TPSA) is 84.9 Å². The molecule has 0 aromatic heterocycles. The number of carbonyl (C=O) groups excluding carboxylic acids is 1. The summed E-state index contributed by atoms with van der Waals surface area (Å²) in [6.45, 7) is 7.53. The monoisotopic (exact) mass is 412 g/mol. The molecule has 1 aromatic carbocycles. The quantitative estimate of drug-likeness (QED) is 0.629. The molecule has 1 heterocycles. The second-order valence-corrected chi connectivity index (χ2v) is 9.34. The number of piperidine rings is 1. The van der Waals surface area contributed by atoms with Gasteiger partial charge in [0, 0.05) is 26.2 Å². The number of aryl methyl sites for hydroxylation is 1. The van der Waals surface area contributed by atoms with Crippen molar-refractivity contribution < 1.29 is 22.7 Å². The number of hydrogen-bond acceptors (Lipinski definition) is 5. The molecule has 1 saturated heterocycles. The molecule has 0 spiro atoms. The number of hydrogen-bond donors (Lipinski definition) is 1. The Balaban J connectivity index is 1.96. The Labute approximate surface area is 168 Å². The van der Waals surface area contributed by atoms with E-state index >= 15 is 0 Å². The van der Waals surface area contributed by atoms with Crippen LogP contribution in [-0.4, -0.2) is 58.1 Å². The Bertz CT molecular complexity index is 764. The number of carbonyl (C=O) groups is 1. The third-order valence-corrected chi connectivity index (χ3v) is 6.69. The summed E-state index contributed by atoms with van der Waals surface area (Å²) >= 11 is 0. The zero-order valence-electron chi connectivity index (χ0n) is 17.2. The molecule has 1 aliphatic rings. The number of nitrogens with zero attached hydrogens (tertiary/aromatic N) is 1. The summed E-state index contributed by atoms with van der Waals surface area (Å²) in [5.41, 5.74) is 0.762. The van der Waals surface area contributed by atoms with Gasteiger partial charge in [-0.15, -0.1) is 0 Å². The standard InChI is InChI=1S/C20H32N2O5S/c1-15(2)27-12-6-10-21-20(23)17-7-5-11-22(14-17)28(24,25)18-8-9-19(26-4)16(3)13-18/h8-9,13,15,17H,5-7,10-12,14H2,1-4H3,(H,21,23)/t17-/m1/s1. The maximum Gasteiger partial charge on any atom is 0.243 e. The van der Waals surface area contributed by atoms with E-state index in [1.165, 1.54) is 4.31 Å². The summed E-state index contributed by atoms with van der Waals surface area (Å²) < 4.78 is 38.1. The van der Waals surface area contributed by atoms with E-state index in [1.807, 2.05) is 20.8 Å². The van der Waals surface area contributed by atoms with Crippen molar-refractivity contribution in [3.05, 3.63) is 23.8 Å². The fourth-order valence-corrected chi connectivity index (χ4v) is 4.89. The highest BCUT2D eigenvalue weighted by molar-refractivity contribution is 7.89. The lowest BCUT2D eigenvalue weighted by molar-refractivity contribution is -0.126. The van der Waals surface area contributed by atoms with Crippen molar-refractivity contribution in [2.75, 3.05) is 33.4 Å². The summed E-state index contributed by atoms with van der Waals surface area (Å²) in [6, 6.07) is 4.84. The first-order valence-corrected chi connectivity index (χ1v) is 11.2. The van der Waals surface area contributed by atoms with Gasteiger partial charge in [-0.3, -0.25) is 4.79 Å². The van der Waals surface area contributed by atoms with Gasteiger partial charge >= 0.3 is 0 Å². The van der Waals surface area contributed by atoms with Crippen LogP contribution in [0.3, 0.4) is 0 Å². The predicted octanol–water partition coefficient (Wildman–Crippen LogP) is 2.34. The van der Waals surface area contributed by atoms with Crippen molar-refractivity contribution in [3.63, 3.8) is 0 Å². The van der Waals surface area contributed by atoms with Gasteiger partial charge < -0.3 is 14.8 Å². The second kappa shape index (κ2) is 10.2. The highest BCUT2D eigenvalue weighted by Crippen LogP contribution is 2.27. The predicted molar refractivity (Wildman–Crippen MR) is 108 cm³/mol. The van der Waals surface area contributed by atoms with Crippen LogP contribution in [0.1, 0.15) is 38.7 Å². The number of ether oxygens (including phenoxy) is 2. The smallest absolute Gasteiger partial charge is 0.243 e. The molecular formula is C20H32N2O5S. The Kier molecular flexibility index (Phi) is 8.27. The first kappa shape index (κ1) is 22.6. The zero-order valence-corrected chi connectivity index (χ0v) is 18.0. The van der Waals surface area contributed by atoms with E-state index in [9.17, 15) is 13.2 Å². The molecule has 7 nitrogen and oxygen atoms in total. The molecule has 8 heteroatoms. The molecule has 0 saturated carbocycles. The van der Waals surface area contributed by atoms with Crippen LogP contribution in [0.2, 0.25) is 0 Å². The van der Waals surface area contributed by atoms with Crippen LogP contribution in [0.25, 0.3) is 0 Å². The van der Waals surface area contributed by atoms with Gasteiger partial charge in [0.25, 0.3) is 0 Å². The maximum absolute atomic E-state index is 13.0.